The summed E-state index contributed by atoms with van der Waals surface area (Å²) < 4.78 is 0. The van der Waals surface area contributed by atoms with Gasteiger partial charge in [0, 0.05) is 26.1 Å². The summed E-state index contributed by atoms with van der Waals surface area (Å²) in [5.74, 6) is 0. The van der Waals surface area contributed by atoms with E-state index in [9.17, 15) is 0 Å². The van der Waals surface area contributed by atoms with Crippen LogP contribution in [-0.4, -0.2) is 33.0 Å². The van der Waals surface area contributed by atoms with Gasteiger partial charge in [0.1, 0.15) is 0 Å². The van der Waals surface area contributed by atoms with Crippen molar-refractivity contribution in [3.8, 4) is 0 Å². The number of rotatable bonds is 5. The van der Waals surface area contributed by atoms with Crippen LogP contribution in [0.2, 0.25) is 0 Å². The maximum absolute atomic E-state index is 4.73. The van der Waals surface area contributed by atoms with E-state index in [2.05, 4.69) is 64.6 Å². The average molecular weight is 332 g/mol. The van der Waals surface area contributed by atoms with Crippen LogP contribution >= 0.6 is 0 Å². The van der Waals surface area contributed by atoms with Gasteiger partial charge in [-0.25, -0.2) is 0 Å². The lowest BCUT2D eigenvalue weighted by Crippen LogP contribution is -2.34. The highest BCUT2D eigenvalue weighted by atomic mass is 15.5. The van der Waals surface area contributed by atoms with Crippen molar-refractivity contribution in [2.75, 3.05) is 13.1 Å². The molecular formula is C21H24N4. The Kier molecular flexibility index (Phi) is 4.89. The molecule has 0 unspecified atom stereocenters. The molecule has 0 radical (unpaired) electrons. The number of nitrogens with zero attached hydrogens (tertiary/aromatic N) is 4. The number of piperidine rings is 1. The topological polar surface area (TPSA) is 34.0 Å². The van der Waals surface area contributed by atoms with E-state index in [0.717, 1.165) is 44.6 Å². The SMILES string of the molecule is c1ccc(Cc2cnn(C3CCN(Cc4ccccc4)CC3)n2)cc1. The molecule has 0 atom stereocenters. The van der Waals surface area contributed by atoms with Crippen LogP contribution in [0.15, 0.2) is 66.9 Å². The van der Waals surface area contributed by atoms with E-state index in [1.54, 1.807) is 0 Å². The van der Waals surface area contributed by atoms with Crippen molar-refractivity contribution in [3.63, 3.8) is 0 Å². The first kappa shape index (κ1) is 16.0. The third kappa shape index (κ3) is 4.15. The molecule has 25 heavy (non-hydrogen) atoms. The molecule has 0 aliphatic carbocycles. The Morgan fingerprint density at radius 1 is 0.840 bits per heavy atom. The standard InChI is InChI=1S/C21H24N4/c1-3-7-18(8-4-1)15-20-16-22-25(23-20)21-11-13-24(14-12-21)17-19-9-5-2-6-10-19/h1-10,16,21H,11-15,17H2. The number of likely N-dealkylation sites (tertiary alicyclic amines) is 1. The molecule has 0 saturated carbocycles. The fraction of sp³-hybridized carbons (Fsp3) is 0.333. The van der Waals surface area contributed by atoms with Gasteiger partial charge in [-0.1, -0.05) is 60.7 Å². The lowest BCUT2D eigenvalue weighted by Gasteiger charge is -2.31. The van der Waals surface area contributed by atoms with Crippen LogP contribution in [-0.2, 0) is 13.0 Å². The quantitative estimate of drug-likeness (QED) is 0.714. The summed E-state index contributed by atoms with van der Waals surface area (Å²) >= 11 is 0. The van der Waals surface area contributed by atoms with Crippen LogP contribution in [0.5, 0.6) is 0 Å². The molecule has 1 saturated heterocycles. The molecule has 1 aliphatic rings. The number of benzene rings is 2. The normalized spacial score (nSPS) is 16.2. The zero-order valence-electron chi connectivity index (χ0n) is 14.5. The summed E-state index contributed by atoms with van der Waals surface area (Å²) in [6, 6.07) is 21.6. The first-order valence-corrected chi connectivity index (χ1v) is 9.08. The Morgan fingerprint density at radius 3 is 2.16 bits per heavy atom. The van der Waals surface area contributed by atoms with Crippen molar-refractivity contribution >= 4 is 0 Å². The van der Waals surface area contributed by atoms with Crippen molar-refractivity contribution in [1.29, 1.82) is 0 Å². The fourth-order valence-corrected chi connectivity index (χ4v) is 3.52. The lowest BCUT2D eigenvalue weighted by molar-refractivity contribution is 0.165. The van der Waals surface area contributed by atoms with Crippen LogP contribution in [0.25, 0.3) is 0 Å². The molecule has 4 rings (SSSR count). The predicted molar refractivity (Wildman–Crippen MR) is 99.3 cm³/mol. The number of hydrogen-bond donors (Lipinski definition) is 0. The van der Waals surface area contributed by atoms with Crippen LogP contribution in [0.4, 0.5) is 0 Å². The zero-order chi connectivity index (χ0) is 16.9. The van der Waals surface area contributed by atoms with E-state index in [1.807, 2.05) is 17.1 Å². The molecule has 128 valence electrons. The third-order valence-electron chi connectivity index (χ3n) is 4.92. The summed E-state index contributed by atoms with van der Waals surface area (Å²) in [7, 11) is 0. The molecule has 4 nitrogen and oxygen atoms in total. The van der Waals surface area contributed by atoms with Crippen molar-refractivity contribution in [3.05, 3.63) is 83.7 Å². The highest BCUT2D eigenvalue weighted by Crippen LogP contribution is 2.22. The summed E-state index contributed by atoms with van der Waals surface area (Å²) in [5, 5.41) is 9.26. The van der Waals surface area contributed by atoms with Gasteiger partial charge in [-0.3, -0.25) is 4.90 Å². The van der Waals surface area contributed by atoms with Gasteiger partial charge in [0.15, 0.2) is 0 Å². The van der Waals surface area contributed by atoms with Crippen molar-refractivity contribution in [2.45, 2.75) is 31.8 Å². The summed E-state index contributed by atoms with van der Waals surface area (Å²) in [6.07, 6.45) is 5.01. The second kappa shape index (κ2) is 7.62. The minimum atomic E-state index is 0.427. The molecule has 0 amide bonds. The van der Waals surface area contributed by atoms with Gasteiger partial charge in [0.25, 0.3) is 0 Å². The van der Waals surface area contributed by atoms with Gasteiger partial charge in [-0.15, -0.1) is 0 Å². The molecule has 4 heteroatoms. The fourth-order valence-electron chi connectivity index (χ4n) is 3.52. The third-order valence-corrected chi connectivity index (χ3v) is 4.92. The van der Waals surface area contributed by atoms with Crippen molar-refractivity contribution in [2.24, 2.45) is 0 Å². The van der Waals surface area contributed by atoms with E-state index < -0.39 is 0 Å². The second-order valence-electron chi connectivity index (χ2n) is 6.81. The Morgan fingerprint density at radius 2 is 1.48 bits per heavy atom. The summed E-state index contributed by atoms with van der Waals surface area (Å²) in [6.45, 7) is 3.25. The predicted octanol–water partition coefficient (Wildman–Crippen LogP) is 3.71. The first-order valence-electron chi connectivity index (χ1n) is 9.08. The molecule has 0 spiro atoms. The van der Waals surface area contributed by atoms with Gasteiger partial charge in [0.05, 0.1) is 17.9 Å². The van der Waals surface area contributed by atoms with E-state index in [4.69, 9.17) is 5.10 Å². The molecule has 1 aliphatic heterocycles. The minimum absolute atomic E-state index is 0.427. The van der Waals surface area contributed by atoms with E-state index in [-0.39, 0.29) is 0 Å². The Labute approximate surface area is 149 Å². The lowest BCUT2D eigenvalue weighted by atomic mass is 10.0. The van der Waals surface area contributed by atoms with E-state index in [1.165, 1.54) is 11.1 Å². The van der Waals surface area contributed by atoms with Crippen LogP contribution in [0.3, 0.4) is 0 Å². The van der Waals surface area contributed by atoms with Crippen LogP contribution in [0.1, 0.15) is 35.7 Å². The Bertz CT molecular complexity index is 774. The van der Waals surface area contributed by atoms with Crippen LogP contribution in [0, 0.1) is 0 Å². The molecule has 2 heterocycles. The Balaban J connectivity index is 1.32. The maximum atomic E-state index is 4.73. The molecule has 0 bridgehead atoms. The first-order chi connectivity index (χ1) is 12.4. The monoisotopic (exact) mass is 332 g/mol. The van der Waals surface area contributed by atoms with Gasteiger partial charge in [0.2, 0.25) is 0 Å². The smallest absolute Gasteiger partial charge is 0.0871 e. The molecule has 3 aromatic rings. The molecule has 0 N–H and O–H groups in total. The van der Waals surface area contributed by atoms with Crippen molar-refractivity contribution in [1.82, 2.24) is 19.9 Å². The summed E-state index contributed by atoms with van der Waals surface area (Å²) in [5.41, 5.74) is 3.73. The molecular weight excluding hydrogens is 308 g/mol. The largest absolute Gasteiger partial charge is 0.299 e. The molecule has 1 fully saturated rings. The zero-order valence-corrected chi connectivity index (χ0v) is 14.5. The van der Waals surface area contributed by atoms with E-state index in [0.29, 0.717) is 6.04 Å². The maximum Gasteiger partial charge on any atom is 0.0871 e. The molecule has 1 aromatic heterocycles. The summed E-state index contributed by atoms with van der Waals surface area (Å²) in [4.78, 5) is 4.47. The highest BCUT2D eigenvalue weighted by Gasteiger charge is 2.22. The van der Waals surface area contributed by atoms with Crippen molar-refractivity contribution < 1.29 is 0 Å². The molecule has 2 aromatic carbocycles. The van der Waals surface area contributed by atoms with Gasteiger partial charge in [-0.2, -0.15) is 15.0 Å². The van der Waals surface area contributed by atoms with Crippen LogP contribution < -0.4 is 0 Å². The van der Waals surface area contributed by atoms with Gasteiger partial charge >= 0.3 is 0 Å². The van der Waals surface area contributed by atoms with Gasteiger partial charge in [-0.05, 0) is 24.0 Å². The van der Waals surface area contributed by atoms with E-state index >= 15 is 0 Å². The Hall–Kier alpha value is -2.46. The second-order valence-corrected chi connectivity index (χ2v) is 6.81. The van der Waals surface area contributed by atoms with Gasteiger partial charge < -0.3 is 0 Å². The average Bonchev–Trinajstić information content (AvgIpc) is 3.12. The highest BCUT2D eigenvalue weighted by molar-refractivity contribution is 5.19. The number of aromatic nitrogens is 3. The minimum Gasteiger partial charge on any atom is -0.299 e. The number of hydrogen-bond acceptors (Lipinski definition) is 3.